The van der Waals surface area contributed by atoms with Gasteiger partial charge in [-0.3, -0.25) is 4.79 Å². The van der Waals surface area contributed by atoms with Gasteiger partial charge in [0.1, 0.15) is 6.10 Å². The van der Waals surface area contributed by atoms with Crippen molar-refractivity contribution in [2.24, 2.45) is 0 Å². The van der Waals surface area contributed by atoms with Crippen LogP contribution in [0.1, 0.15) is 31.1 Å². The molecule has 0 aliphatic rings. The van der Waals surface area contributed by atoms with E-state index in [1.54, 1.807) is 6.07 Å². The maximum absolute atomic E-state index is 10.9. The Labute approximate surface area is 78.2 Å². The molecular formula is C11H14O2. The molecule has 1 rings (SSSR count). The van der Waals surface area contributed by atoms with Crippen LogP contribution in [0.25, 0.3) is 0 Å². The van der Waals surface area contributed by atoms with E-state index in [0.717, 1.165) is 12.0 Å². The highest BCUT2D eigenvalue weighted by atomic mass is 16.3. The molecule has 0 amide bonds. The molecule has 1 unspecified atom stereocenters. The molecule has 0 saturated carbocycles. The largest absolute Gasteiger partial charge is 0.381 e. The molecule has 0 fully saturated rings. The minimum Gasteiger partial charge on any atom is -0.381 e. The van der Waals surface area contributed by atoms with Gasteiger partial charge in [0, 0.05) is 0 Å². The van der Waals surface area contributed by atoms with E-state index in [2.05, 4.69) is 0 Å². The van der Waals surface area contributed by atoms with Crippen molar-refractivity contribution in [2.75, 3.05) is 0 Å². The van der Waals surface area contributed by atoms with E-state index < -0.39 is 6.10 Å². The van der Waals surface area contributed by atoms with Crippen LogP contribution in [0.15, 0.2) is 24.3 Å². The van der Waals surface area contributed by atoms with Gasteiger partial charge < -0.3 is 5.11 Å². The van der Waals surface area contributed by atoms with Gasteiger partial charge >= 0.3 is 0 Å². The Bertz CT molecular complexity index is 305. The van der Waals surface area contributed by atoms with Crippen LogP contribution in [-0.2, 0) is 11.2 Å². The van der Waals surface area contributed by atoms with E-state index in [9.17, 15) is 9.90 Å². The van der Waals surface area contributed by atoms with Crippen LogP contribution in [0.4, 0.5) is 0 Å². The number of rotatable bonds is 3. The third-order valence-electron chi connectivity index (χ3n) is 2.06. The molecule has 0 saturated heterocycles. The Morgan fingerprint density at radius 2 is 2.23 bits per heavy atom. The zero-order valence-electron chi connectivity index (χ0n) is 7.95. The van der Waals surface area contributed by atoms with Crippen molar-refractivity contribution in [3.63, 3.8) is 0 Å². The first kappa shape index (κ1) is 9.93. The van der Waals surface area contributed by atoms with Crippen molar-refractivity contribution in [3.05, 3.63) is 35.4 Å². The summed E-state index contributed by atoms with van der Waals surface area (Å²) >= 11 is 0. The van der Waals surface area contributed by atoms with Crippen LogP contribution in [0.3, 0.4) is 0 Å². The summed E-state index contributed by atoms with van der Waals surface area (Å²) in [5, 5.41) is 9.47. The van der Waals surface area contributed by atoms with Gasteiger partial charge in [-0.2, -0.15) is 0 Å². The molecule has 2 heteroatoms. The van der Waals surface area contributed by atoms with Gasteiger partial charge in [0.15, 0.2) is 5.78 Å². The number of benzene rings is 1. The van der Waals surface area contributed by atoms with Crippen molar-refractivity contribution in [1.82, 2.24) is 0 Å². The molecule has 2 nitrogen and oxygen atoms in total. The van der Waals surface area contributed by atoms with Gasteiger partial charge in [0.25, 0.3) is 0 Å². The second-order valence-corrected chi connectivity index (χ2v) is 3.11. The average Bonchev–Trinajstić information content (AvgIpc) is 2.16. The lowest BCUT2D eigenvalue weighted by Gasteiger charge is -2.07. The summed E-state index contributed by atoms with van der Waals surface area (Å²) in [6, 6.07) is 7.48. The molecule has 0 spiro atoms. The molecule has 0 aromatic heterocycles. The SMILES string of the molecule is CCc1cccc(C(O)C(C)=O)c1. The van der Waals surface area contributed by atoms with Crippen LogP contribution in [0.5, 0.6) is 0 Å². The molecular weight excluding hydrogens is 164 g/mol. The van der Waals surface area contributed by atoms with Crippen LogP contribution >= 0.6 is 0 Å². The fourth-order valence-corrected chi connectivity index (χ4v) is 1.22. The second kappa shape index (κ2) is 4.19. The molecule has 0 radical (unpaired) electrons. The Morgan fingerprint density at radius 1 is 1.54 bits per heavy atom. The Balaban J connectivity index is 2.94. The van der Waals surface area contributed by atoms with Crippen molar-refractivity contribution < 1.29 is 9.90 Å². The Morgan fingerprint density at radius 3 is 2.77 bits per heavy atom. The summed E-state index contributed by atoms with van der Waals surface area (Å²) in [6.45, 7) is 3.43. The third kappa shape index (κ3) is 2.39. The number of aliphatic hydroxyl groups is 1. The number of carbonyl (C=O) groups is 1. The molecule has 1 atom stereocenters. The molecule has 13 heavy (non-hydrogen) atoms. The lowest BCUT2D eigenvalue weighted by Crippen LogP contribution is -2.07. The lowest BCUT2D eigenvalue weighted by atomic mass is 10.0. The number of Topliss-reactive ketones (excluding diaryl/α,β-unsaturated/α-hetero) is 1. The van der Waals surface area contributed by atoms with Crippen molar-refractivity contribution in [2.45, 2.75) is 26.4 Å². The van der Waals surface area contributed by atoms with Crippen LogP contribution in [0, 0.1) is 0 Å². The van der Waals surface area contributed by atoms with Gasteiger partial charge in [0.2, 0.25) is 0 Å². The second-order valence-electron chi connectivity index (χ2n) is 3.11. The highest BCUT2D eigenvalue weighted by Gasteiger charge is 2.11. The first-order chi connectivity index (χ1) is 6.15. The zero-order chi connectivity index (χ0) is 9.84. The number of aliphatic hydroxyl groups excluding tert-OH is 1. The maximum Gasteiger partial charge on any atom is 0.162 e. The highest BCUT2D eigenvalue weighted by Crippen LogP contribution is 2.15. The monoisotopic (exact) mass is 178 g/mol. The van der Waals surface area contributed by atoms with Gasteiger partial charge in [-0.05, 0) is 24.5 Å². The minimum absolute atomic E-state index is 0.215. The van der Waals surface area contributed by atoms with Gasteiger partial charge in [-0.25, -0.2) is 0 Å². The predicted molar refractivity (Wildman–Crippen MR) is 51.5 cm³/mol. The number of carbonyl (C=O) groups excluding carboxylic acids is 1. The summed E-state index contributed by atoms with van der Waals surface area (Å²) in [7, 11) is 0. The van der Waals surface area contributed by atoms with Crippen LogP contribution < -0.4 is 0 Å². The highest BCUT2D eigenvalue weighted by molar-refractivity contribution is 5.81. The van der Waals surface area contributed by atoms with Crippen LogP contribution in [-0.4, -0.2) is 10.9 Å². The number of ketones is 1. The van der Waals surface area contributed by atoms with Gasteiger partial charge in [-0.15, -0.1) is 0 Å². The Hall–Kier alpha value is -1.15. The van der Waals surface area contributed by atoms with E-state index in [-0.39, 0.29) is 5.78 Å². The molecule has 0 heterocycles. The minimum atomic E-state index is -0.966. The quantitative estimate of drug-likeness (QED) is 0.767. The van der Waals surface area contributed by atoms with Crippen molar-refractivity contribution in [1.29, 1.82) is 0 Å². The van der Waals surface area contributed by atoms with Gasteiger partial charge in [0.05, 0.1) is 0 Å². The fraction of sp³-hybridized carbons (Fsp3) is 0.364. The van der Waals surface area contributed by atoms with E-state index in [1.165, 1.54) is 6.92 Å². The topological polar surface area (TPSA) is 37.3 Å². The first-order valence-electron chi connectivity index (χ1n) is 4.42. The summed E-state index contributed by atoms with van der Waals surface area (Å²) in [5.41, 5.74) is 1.82. The predicted octanol–water partition coefficient (Wildman–Crippen LogP) is 1.87. The van der Waals surface area contributed by atoms with Crippen molar-refractivity contribution in [3.8, 4) is 0 Å². The molecule has 0 aliphatic carbocycles. The maximum atomic E-state index is 10.9. The number of hydrogen-bond donors (Lipinski definition) is 1. The summed E-state index contributed by atoms with van der Waals surface area (Å²) < 4.78 is 0. The number of hydrogen-bond acceptors (Lipinski definition) is 2. The van der Waals surface area contributed by atoms with Crippen LogP contribution in [0.2, 0.25) is 0 Å². The summed E-state index contributed by atoms with van der Waals surface area (Å²) in [5.74, 6) is -0.215. The zero-order valence-corrected chi connectivity index (χ0v) is 7.95. The van der Waals surface area contributed by atoms with E-state index in [1.807, 2.05) is 25.1 Å². The van der Waals surface area contributed by atoms with E-state index in [0.29, 0.717) is 5.56 Å². The summed E-state index contributed by atoms with van der Waals surface area (Å²) in [4.78, 5) is 10.9. The van der Waals surface area contributed by atoms with Gasteiger partial charge in [-0.1, -0.05) is 31.2 Å². The smallest absolute Gasteiger partial charge is 0.162 e. The average molecular weight is 178 g/mol. The van der Waals surface area contributed by atoms with E-state index in [4.69, 9.17) is 0 Å². The standard InChI is InChI=1S/C11H14O2/c1-3-9-5-4-6-10(7-9)11(13)8(2)12/h4-7,11,13H,3H2,1-2H3. The van der Waals surface area contributed by atoms with E-state index >= 15 is 0 Å². The van der Waals surface area contributed by atoms with Crippen molar-refractivity contribution >= 4 is 5.78 Å². The third-order valence-corrected chi connectivity index (χ3v) is 2.06. The lowest BCUT2D eigenvalue weighted by molar-refractivity contribution is -0.125. The molecule has 0 aliphatic heterocycles. The summed E-state index contributed by atoms with van der Waals surface area (Å²) in [6.07, 6.45) is -0.0511. The molecule has 0 bridgehead atoms. The first-order valence-corrected chi connectivity index (χ1v) is 4.42. The fourth-order valence-electron chi connectivity index (χ4n) is 1.22. The molecule has 70 valence electrons. The Kier molecular flexibility index (Phi) is 3.20. The molecule has 1 aromatic carbocycles. The normalized spacial score (nSPS) is 12.5. The number of aryl methyl sites for hydroxylation is 1. The molecule has 1 N–H and O–H groups in total. The molecule has 1 aromatic rings.